The highest BCUT2D eigenvalue weighted by molar-refractivity contribution is 6.34. The number of nitrogen functional groups attached to an aromatic ring is 1. The lowest BCUT2D eigenvalue weighted by Gasteiger charge is -2.29. The molecule has 104 valence electrons. The molecule has 4 nitrogen and oxygen atoms in total. The fourth-order valence-electron chi connectivity index (χ4n) is 2.69. The lowest BCUT2D eigenvalue weighted by atomic mass is 10.1. The molecule has 1 atom stereocenters. The van der Waals surface area contributed by atoms with Crippen LogP contribution in [0.1, 0.15) is 18.4 Å². The summed E-state index contributed by atoms with van der Waals surface area (Å²) in [4.78, 5) is 4.62. The van der Waals surface area contributed by atoms with Crippen LogP contribution < -0.4 is 10.6 Å². The molecule has 5 heteroatoms. The maximum atomic E-state index is 7.46. The number of nitrogens with two attached hydrogens (primary N) is 1. The maximum Gasteiger partial charge on any atom is 0.124 e. The number of halogens is 1. The molecule has 1 aromatic rings. The predicted octanol–water partition coefficient (Wildman–Crippen LogP) is 2.15. The zero-order valence-corrected chi connectivity index (χ0v) is 12.2. The van der Waals surface area contributed by atoms with Gasteiger partial charge in [-0.1, -0.05) is 11.6 Å². The van der Waals surface area contributed by atoms with Gasteiger partial charge in [-0.05, 0) is 45.1 Å². The Bertz CT molecular complexity index is 473. The Morgan fingerprint density at radius 2 is 2.26 bits per heavy atom. The number of rotatable bonds is 4. The van der Waals surface area contributed by atoms with E-state index in [2.05, 4.69) is 23.9 Å². The monoisotopic (exact) mass is 280 g/mol. The van der Waals surface area contributed by atoms with E-state index >= 15 is 0 Å². The average molecular weight is 281 g/mol. The van der Waals surface area contributed by atoms with Gasteiger partial charge in [0.2, 0.25) is 0 Å². The van der Waals surface area contributed by atoms with E-state index in [0.717, 1.165) is 18.8 Å². The minimum atomic E-state index is 0.0165. The molecule has 3 N–H and O–H groups in total. The molecular formula is C14H21ClN4. The number of nitrogens with one attached hydrogen (secondary N) is 1. The molecule has 0 bridgehead atoms. The molecule has 2 rings (SSSR count). The largest absolute Gasteiger partial charge is 0.384 e. The van der Waals surface area contributed by atoms with Crippen LogP contribution in [-0.4, -0.2) is 44.0 Å². The number of likely N-dealkylation sites (N-methyl/N-ethyl adjacent to an activating group) is 1. The van der Waals surface area contributed by atoms with Crippen molar-refractivity contribution in [2.24, 2.45) is 5.73 Å². The molecule has 1 fully saturated rings. The van der Waals surface area contributed by atoms with E-state index < -0.39 is 0 Å². The van der Waals surface area contributed by atoms with Gasteiger partial charge in [0.1, 0.15) is 5.84 Å². The summed E-state index contributed by atoms with van der Waals surface area (Å²) in [7, 11) is 4.20. The van der Waals surface area contributed by atoms with Crippen LogP contribution in [-0.2, 0) is 0 Å². The smallest absolute Gasteiger partial charge is 0.124 e. The first-order valence-corrected chi connectivity index (χ1v) is 6.92. The van der Waals surface area contributed by atoms with E-state index in [1.165, 1.54) is 12.8 Å². The van der Waals surface area contributed by atoms with Crippen molar-refractivity contribution in [3.05, 3.63) is 28.8 Å². The number of hydrogen-bond donors (Lipinski definition) is 2. The maximum absolute atomic E-state index is 7.46. The first-order valence-electron chi connectivity index (χ1n) is 6.54. The van der Waals surface area contributed by atoms with E-state index in [-0.39, 0.29) is 5.84 Å². The first kappa shape index (κ1) is 14.2. The molecule has 1 saturated heterocycles. The zero-order chi connectivity index (χ0) is 14.0. The van der Waals surface area contributed by atoms with Crippen LogP contribution in [0.2, 0.25) is 5.02 Å². The van der Waals surface area contributed by atoms with Crippen molar-refractivity contribution in [2.75, 3.05) is 32.1 Å². The Balaban J connectivity index is 2.21. The summed E-state index contributed by atoms with van der Waals surface area (Å²) >= 11 is 6.20. The van der Waals surface area contributed by atoms with Gasteiger partial charge in [0.15, 0.2) is 0 Å². The van der Waals surface area contributed by atoms with Crippen LogP contribution in [0.3, 0.4) is 0 Å². The van der Waals surface area contributed by atoms with Crippen molar-refractivity contribution in [1.29, 1.82) is 5.41 Å². The van der Waals surface area contributed by atoms with Crippen LogP contribution in [0, 0.1) is 5.41 Å². The van der Waals surface area contributed by atoms with Gasteiger partial charge in [0, 0.05) is 30.4 Å². The minimum Gasteiger partial charge on any atom is -0.384 e. The first-order chi connectivity index (χ1) is 8.99. The lowest BCUT2D eigenvalue weighted by molar-refractivity contribution is 0.372. The van der Waals surface area contributed by atoms with Crippen molar-refractivity contribution in [2.45, 2.75) is 18.9 Å². The number of amidine groups is 1. The van der Waals surface area contributed by atoms with E-state index in [4.69, 9.17) is 22.7 Å². The molecule has 1 aliphatic heterocycles. The van der Waals surface area contributed by atoms with Gasteiger partial charge in [0.25, 0.3) is 0 Å². The SMILES string of the molecule is CN(C)CC1CCCN1c1ccc(C(=N)N)c(Cl)c1. The third kappa shape index (κ3) is 3.19. The third-order valence-electron chi connectivity index (χ3n) is 3.53. The molecule has 0 saturated carbocycles. The second-order valence-corrected chi connectivity index (χ2v) is 5.74. The molecule has 0 aliphatic carbocycles. The molecule has 19 heavy (non-hydrogen) atoms. The van der Waals surface area contributed by atoms with Gasteiger partial charge >= 0.3 is 0 Å². The summed E-state index contributed by atoms with van der Waals surface area (Å²) < 4.78 is 0. The summed E-state index contributed by atoms with van der Waals surface area (Å²) in [5.74, 6) is 0.0165. The van der Waals surface area contributed by atoms with Gasteiger partial charge in [-0.15, -0.1) is 0 Å². The van der Waals surface area contributed by atoms with Crippen LogP contribution in [0.25, 0.3) is 0 Å². The zero-order valence-electron chi connectivity index (χ0n) is 11.5. The standard InChI is InChI=1S/C14H21ClN4/c1-18(2)9-11-4-3-7-19(11)10-5-6-12(14(16)17)13(15)8-10/h5-6,8,11H,3-4,7,9H2,1-2H3,(H3,16,17). The summed E-state index contributed by atoms with van der Waals surface area (Å²) in [5.41, 5.74) is 7.22. The highest BCUT2D eigenvalue weighted by atomic mass is 35.5. The molecule has 0 aromatic heterocycles. The highest BCUT2D eigenvalue weighted by Crippen LogP contribution is 2.29. The number of hydrogen-bond acceptors (Lipinski definition) is 3. The second kappa shape index (κ2) is 5.80. The molecule has 1 aliphatic rings. The normalized spacial score (nSPS) is 19.2. The predicted molar refractivity (Wildman–Crippen MR) is 81.4 cm³/mol. The Morgan fingerprint density at radius 3 is 2.84 bits per heavy atom. The Labute approximate surface area is 119 Å². The summed E-state index contributed by atoms with van der Waals surface area (Å²) in [6, 6.07) is 6.31. The average Bonchev–Trinajstić information content (AvgIpc) is 2.75. The lowest BCUT2D eigenvalue weighted by Crippen LogP contribution is -2.37. The summed E-state index contributed by atoms with van der Waals surface area (Å²) in [6.07, 6.45) is 2.43. The van der Waals surface area contributed by atoms with Crippen molar-refractivity contribution < 1.29 is 0 Å². The Kier molecular flexibility index (Phi) is 4.32. The topological polar surface area (TPSA) is 56.4 Å². The van der Waals surface area contributed by atoms with Crippen molar-refractivity contribution in [1.82, 2.24) is 4.90 Å². The molecule has 0 amide bonds. The van der Waals surface area contributed by atoms with E-state index in [1.54, 1.807) is 0 Å². The van der Waals surface area contributed by atoms with Crippen LogP contribution >= 0.6 is 11.6 Å². The second-order valence-electron chi connectivity index (χ2n) is 5.33. The molecule has 1 heterocycles. The van der Waals surface area contributed by atoms with Crippen molar-refractivity contribution in [3.8, 4) is 0 Å². The Morgan fingerprint density at radius 1 is 1.53 bits per heavy atom. The number of nitrogens with zero attached hydrogens (tertiary/aromatic N) is 2. The number of anilines is 1. The van der Waals surface area contributed by atoms with Gasteiger partial charge < -0.3 is 15.5 Å². The van der Waals surface area contributed by atoms with Gasteiger partial charge in [-0.3, -0.25) is 5.41 Å². The Hall–Kier alpha value is -1.26. The van der Waals surface area contributed by atoms with Crippen LogP contribution in [0.15, 0.2) is 18.2 Å². The molecular weight excluding hydrogens is 260 g/mol. The highest BCUT2D eigenvalue weighted by Gasteiger charge is 2.25. The quantitative estimate of drug-likeness (QED) is 0.656. The fourth-order valence-corrected chi connectivity index (χ4v) is 2.96. The molecule has 1 aromatic carbocycles. The molecule has 0 radical (unpaired) electrons. The van der Waals surface area contributed by atoms with E-state index in [0.29, 0.717) is 16.6 Å². The molecule has 0 spiro atoms. The fraction of sp³-hybridized carbons (Fsp3) is 0.500. The van der Waals surface area contributed by atoms with Gasteiger partial charge in [-0.25, -0.2) is 0 Å². The molecule has 1 unspecified atom stereocenters. The summed E-state index contributed by atoms with van der Waals surface area (Å²) in [5, 5.41) is 8.02. The van der Waals surface area contributed by atoms with Crippen LogP contribution in [0.4, 0.5) is 5.69 Å². The van der Waals surface area contributed by atoms with Crippen molar-refractivity contribution in [3.63, 3.8) is 0 Å². The van der Waals surface area contributed by atoms with Crippen LogP contribution in [0.5, 0.6) is 0 Å². The summed E-state index contributed by atoms with van der Waals surface area (Å²) in [6.45, 7) is 2.11. The minimum absolute atomic E-state index is 0.0165. The van der Waals surface area contributed by atoms with Crippen molar-refractivity contribution >= 4 is 23.1 Å². The van der Waals surface area contributed by atoms with E-state index in [1.807, 2.05) is 18.2 Å². The van der Waals surface area contributed by atoms with Gasteiger partial charge in [0.05, 0.1) is 5.02 Å². The van der Waals surface area contributed by atoms with Gasteiger partial charge in [-0.2, -0.15) is 0 Å². The third-order valence-corrected chi connectivity index (χ3v) is 3.84. The van der Waals surface area contributed by atoms with E-state index in [9.17, 15) is 0 Å². The number of benzene rings is 1.